The summed E-state index contributed by atoms with van der Waals surface area (Å²) in [4.78, 5) is 14.3. The molecule has 176 valence electrons. The zero-order chi connectivity index (χ0) is 23.6. The van der Waals surface area contributed by atoms with Gasteiger partial charge in [-0.1, -0.05) is 18.2 Å². The fourth-order valence-corrected chi connectivity index (χ4v) is 8.91. The summed E-state index contributed by atoms with van der Waals surface area (Å²) in [7, 11) is -6.99. The molecule has 1 atom stereocenters. The van der Waals surface area contributed by atoms with Gasteiger partial charge in [-0.15, -0.1) is 0 Å². The number of hydrogen-bond acceptors (Lipinski definition) is 6. The van der Waals surface area contributed by atoms with Crippen LogP contribution in [0.4, 0.5) is 0 Å². The van der Waals surface area contributed by atoms with Crippen molar-refractivity contribution in [2.75, 3.05) is 37.7 Å². The number of nitriles is 1. The summed E-state index contributed by atoms with van der Waals surface area (Å²) in [6, 6.07) is 9.93. The molecule has 0 radical (unpaired) electrons. The van der Waals surface area contributed by atoms with Gasteiger partial charge >= 0.3 is 0 Å². The predicted molar refractivity (Wildman–Crippen MR) is 125 cm³/mol. The lowest BCUT2D eigenvalue weighted by Crippen LogP contribution is -2.52. The molecule has 4 rings (SSSR count). The lowest BCUT2D eigenvalue weighted by atomic mass is 10.1. The van der Waals surface area contributed by atoms with Crippen molar-refractivity contribution in [2.24, 2.45) is 0 Å². The average molecular weight is 491 g/mol. The molecule has 0 N–H and O–H groups in total. The average Bonchev–Trinajstić information content (AvgIpc) is 3.36. The third-order valence-corrected chi connectivity index (χ3v) is 10.5. The van der Waals surface area contributed by atoms with Crippen LogP contribution in [0.2, 0.25) is 0 Å². The highest BCUT2D eigenvalue weighted by molar-refractivity contribution is 7.95. The summed E-state index contributed by atoms with van der Waals surface area (Å²) in [6.07, 6.45) is 5.69. The van der Waals surface area contributed by atoms with Gasteiger partial charge in [0.15, 0.2) is 9.84 Å². The lowest BCUT2D eigenvalue weighted by molar-refractivity contribution is -0.127. The summed E-state index contributed by atoms with van der Waals surface area (Å²) in [6.45, 7) is 1.40. The number of benzene rings is 1. The van der Waals surface area contributed by atoms with E-state index in [1.165, 1.54) is 10.4 Å². The summed E-state index contributed by atoms with van der Waals surface area (Å²) >= 11 is 0. The molecule has 0 aliphatic carbocycles. The zero-order valence-corrected chi connectivity index (χ0v) is 19.8. The fourth-order valence-electron chi connectivity index (χ4n) is 4.40. The molecule has 3 heterocycles. The molecule has 11 heteroatoms. The maximum atomic E-state index is 12.8. The first-order chi connectivity index (χ1) is 15.7. The number of carbonyl (C=O) groups excluding carboxylic acids is 1. The first-order valence-electron chi connectivity index (χ1n) is 10.8. The van der Waals surface area contributed by atoms with Gasteiger partial charge in [0.2, 0.25) is 15.9 Å². The van der Waals surface area contributed by atoms with Gasteiger partial charge < -0.3 is 9.47 Å². The Morgan fingerprint density at radius 1 is 1.18 bits per heavy atom. The maximum Gasteiger partial charge on any atom is 0.246 e. The first kappa shape index (κ1) is 23.5. The van der Waals surface area contributed by atoms with Crippen LogP contribution in [-0.4, -0.2) is 79.4 Å². The molecule has 0 spiro atoms. The highest BCUT2D eigenvalue weighted by Crippen LogP contribution is 2.24. The van der Waals surface area contributed by atoms with E-state index in [4.69, 9.17) is 5.26 Å². The summed E-state index contributed by atoms with van der Waals surface area (Å²) in [5.41, 5.74) is 1.87. The number of nitrogens with zero attached hydrogens (tertiary/aromatic N) is 4. The normalized spacial score (nSPS) is 21.5. The van der Waals surface area contributed by atoms with Gasteiger partial charge in [0.1, 0.15) is 0 Å². The van der Waals surface area contributed by atoms with Crippen molar-refractivity contribution in [1.82, 2.24) is 13.8 Å². The molecule has 1 aromatic carbocycles. The Kier molecular flexibility index (Phi) is 6.61. The number of sulfone groups is 1. The monoisotopic (exact) mass is 490 g/mol. The molecule has 2 fully saturated rings. The summed E-state index contributed by atoms with van der Waals surface area (Å²) in [5.74, 6) is -0.615. The van der Waals surface area contributed by atoms with Crippen molar-refractivity contribution in [3.63, 3.8) is 0 Å². The highest BCUT2D eigenvalue weighted by Gasteiger charge is 2.41. The van der Waals surface area contributed by atoms with Crippen LogP contribution in [0.5, 0.6) is 0 Å². The number of carbonyl (C=O) groups is 1. The number of sulfonamides is 1. The van der Waals surface area contributed by atoms with Crippen LogP contribution in [0.25, 0.3) is 17.0 Å². The highest BCUT2D eigenvalue weighted by atomic mass is 32.2. The molecular weight excluding hydrogens is 464 g/mol. The molecule has 2 aliphatic heterocycles. The van der Waals surface area contributed by atoms with Crippen LogP contribution in [0.3, 0.4) is 0 Å². The van der Waals surface area contributed by atoms with E-state index in [1.54, 1.807) is 11.0 Å². The minimum absolute atomic E-state index is 0.0902. The number of piperazine rings is 1. The van der Waals surface area contributed by atoms with Gasteiger partial charge in [-0.2, -0.15) is 9.57 Å². The summed E-state index contributed by atoms with van der Waals surface area (Å²) in [5, 5.41) is 8.99. The van der Waals surface area contributed by atoms with Gasteiger partial charge in [0.25, 0.3) is 0 Å². The van der Waals surface area contributed by atoms with Crippen LogP contribution in [0, 0.1) is 11.3 Å². The van der Waals surface area contributed by atoms with E-state index in [-0.39, 0.29) is 50.0 Å². The topological polar surface area (TPSA) is 121 Å². The Morgan fingerprint density at radius 3 is 2.58 bits per heavy atom. The van der Waals surface area contributed by atoms with E-state index in [2.05, 4.69) is 6.07 Å². The number of amides is 1. The van der Waals surface area contributed by atoms with Crippen molar-refractivity contribution in [3.8, 4) is 6.07 Å². The quantitative estimate of drug-likeness (QED) is 0.562. The largest absolute Gasteiger partial charge is 0.346 e. The van der Waals surface area contributed by atoms with Crippen molar-refractivity contribution < 1.29 is 21.6 Å². The van der Waals surface area contributed by atoms with Crippen LogP contribution in [-0.2, 0) is 31.2 Å². The Balaban J connectivity index is 1.40. The first-order valence-corrected chi connectivity index (χ1v) is 14.1. The zero-order valence-electron chi connectivity index (χ0n) is 18.1. The van der Waals surface area contributed by atoms with Crippen LogP contribution < -0.4 is 0 Å². The second-order valence-corrected chi connectivity index (χ2v) is 12.8. The summed E-state index contributed by atoms with van der Waals surface area (Å²) < 4.78 is 52.2. The molecule has 2 saturated heterocycles. The molecular formula is C22H26N4O5S2. The number of para-hydroxylation sites is 1. The van der Waals surface area contributed by atoms with E-state index in [1.807, 2.05) is 35.0 Å². The van der Waals surface area contributed by atoms with Gasteiger partial charge in [0.05, 0.1) is 29.2 Å². The van der Waals surface area contributed by atoms with Gasteiger partial charge in [-0.3, -0.25) is 4.79 Å². The minimum Gasteiger partial charge on any atom is -0.346 e. The molecule has 1 aromatic heterocycles. The molecule has 33 heavy (non-hydrogen) atoms. The Labute approximate surface area is 193 Å². The predicted octanol–water partition coefficient (Wildman–Crippen LogP) is 1.23. The Bertz CT molecular complexity index is 1330. The van der Waals surface area contributed by atoms with Crippen LogP contribution >= 0.6 is 0 Å². The van der Waals surface area contributed by atoms with Crippen LogP contribution in [0.1, 0.15) is 18.4 Å². The number of aryl methyl sites for hydroxylation is 1. The SMILES string of the molecule is N#CCCn1cc(/C=C/C(=O)N2CCN(S(=O)(=O)C3CCS(=O)(=O)C3)CC2)c2ccccc21. The second-order valence-electron chi connectivity index (χ2n) is 8.33. The lowest BCUT2D eigenvalue weighted by Gasteiger charge is -2.34. The van der Waals surface area contributed by atoms with Gasteiger partial charge in [-0.25, -0.2) is 16.8 Å². The molecule has 1 amide bonds. The van der Waals surface area contributed by atoms with E-state index in [9.17, 15) is 21.6 Å². The third kappa shape index (κ3) is 4.98. The van der Waals surface area contributed by atoms with Gasteiger partial charge in [0, 0.05) is 61.5 Å². The van der Waals surface area contributed by atoms with Crippen molar-refractivity contribution >= 4 is 42.7 Å². The number of rotatable bonds is 6. The number of fused-ring (bicyclic) bond motifs is 1. The van der Waals surface area contributed by atoms with Crippen molar-refractivity contribution in [1.29, 1.82) is 5.26 Å². The smallest absolute Gasteiger partial charge is 0.246 e. The Morgan fingerprint density at radius 2 is 1.91 bits per heavy atom. The van der Waals surface area contributed by atoms with E-state index in [0.29, 0.717) is 13.0 Å². The second kappa shape index (κ2) is 9.29. The van der Waals surface area contributed by atoms with E-state index in [0.717, 1.165) is 16.5 Å². The fraction of sp³-hybridized carbons (Fsp3) is 0.455. The van der Waals surface area contributed by atoms with E-state index >= 15 is 0 Å². The van der Waals surface area contributed by atoms with Crippen molar-refractivity contribution in [3.05, 3.63) is 42.1 Å². The molecule has 9 nitrogen and oxygen atoms in total. The number of aromatic nitrogens is 1. The molecule has 1 unspecified atom stereocenters. The molecule has 2 aliphatic rings. The molecule has 0 saturated carbocycles. The maximum absolute atomic E-state index is 12.8. The molecule has 2 aromatic rings. The van der Waals surface area contributed by atoms with Crippen LogP contribution in [0.15, 0.2) is 36.5 Å². The van der Waals surface area contributed by atoms with Crippen molar-refractivity contribution in [2.45, 2.75) is 24.6 Å². The minimum atomic E-state index is -3.69. The standard InChI is InChI=1S/C22H26N4O5S2/c23-9-3-10-25-16-18(20-4-1-2-5-21(20)25)6-7-22(27)24-11-13-26(14-12-24)33(30,31)19-8-15-32(28,29)17-19/h1-2,4-7,16,19H,3,8,10-15,17H2/b7-6+. The molecule has 0 bridgehead atoms. The Hall–Kier alpha value is -2.68. The van der Waals surface area contributed by atoms with Gasteiger partial charge in [-0.05, 0) is 18.6 Å². The number of hydrogen-bond donors (Lipinski definition) is 0. The third-order valence-electron chi connectivity index (χ3n) is 6.21. The van der Waals surface area contributed by atoms with E-state index < -0.39 is 25.1 Å².